The molecular weight excluding hydrogens is 224 g/mol. The van der Waals surface area contributed by atoms with Crippen LogP contribution in [0.15, 0.2) is 24.3 Å². The van der Waals surface area contributed by atoms with Crippen LogP contribution in [0.2, 0.25) is 0 Å². The first kappa shape index (κ1) is 14.4. The van der Waals surface area contributed by atoms with Gasteiger partial charge in [-0.3, -0.25) is 4.79 Å². The molecule has 0 saturated carbocycles. The van der Waals surface area contributed by atoms with Crippen LogP contribution in [0.3, 0.4) is 0 Å². The number of benzene rings is 1. The van der Waals surface area contributed by atoms with E-state index in [1.165, 1.54) is 0 Å². The second kappa shape index (κ2) is 7.64. The fraction of sp³-hybridized carbons (Fsp3) is 0.467. The van der Waals surface area contributed by atoms with Gasteiger partial charge in [0.25, 0.3) is 5.91 Å². The van der Waals surface area contributed by atoms with Gasteiger partial charge in [0.15, 0.2) is 0 Å². The molecule has 0 heterocycles. The van der Waals surface area contributed by atoms with Crippen LogP contribution in [0.4, 0.5) is 0 Å². The van der Waals surface area contributed by atoms with Gasteiger partial charge in [-0.05, 0) is 30.5 Å². The van der Waals surface area contributed by atoms with E-state index in [2.05, 4.69) is 12.2 Å². The lowest BCUT2D eigenvalue weighted by molar-refractivity contribution is 0.0953. The van der Waals surface area contributed by atoms with E-state index in [0.717, 1.165) is 31.4 Å². The van der Waals surface area contributed by atoms with Crippen molar-refractivity contribution in [3.63, 3.8) is 0 Å². The zero-order valence-corrected chi connectivity index (χ0v) is 11.3. The van der Waals surface area contributed by atoms with Crippen LogP contribution in [0.25, 0.3) is 0 Å². The van der Waals surface area contributed by atoms with Crippen LogP contribution in [0.5, 0.6) is 0 Å². The third kappa shape index (κ3) is 4.32. The molecule has 1 amide bonds. The molecule has 0 aliphatic carbocycles. The Labute approximate surface area is 109 Å². The minimum absolute atomic E-state index is 0.0271. The van der Waals surface area contributed by atoms with Crippen molar-refractivity contribution in [1.82, 2.24) is 5.32 Å². The average Bonchev–Trinajstić information content (AvgIpc) is 2.42. The molecular formula is C15H22N2O. The lowest BCUT2D eigenvalue weighted by atomic mass is 10.1. The SMILES string of the molecule is CCCCCNC(=O)c1ccc(C(=N)CC)cc1. The van der Waals surface area contributed by atoms with Crippen LogP contribution in [-0.4, -0.2) is 18.2 Å². The van der Waals surface area contributed by atoms with Crippen LogP contribution < -0.4 is 5.32 Å². The van der Waals surface area contributed by atoms with Crippen molar-refractivity contribution < 1.29 is 4.79 Å². The quantitative estimate of drug-likeness (QED) is 0.562. The molecule has 0 aliphatic rings. The zero-order valence-electron chi connectivity index (χ0n) is 11.3. The zero-order chi connectivity index (χ0) is 13.4. The van der Waals surface area contributed by atoms with Gasteiger partial charge < -0.3 is 10.7 Å². The summed E-state index contributed by atoms with van der Waals surface area (Å²) in [6.45, 7) is 4.83. The van der Waals surface area contributed by atoms with Gasteiger partial charge in [0.1, 0.15) is 0 Å². The molecule has 98 valence electrons. The Balaban J connectivity index is 2.51. The number of nitrogens with one attached hydrogen (secondary N) is 2. The fourth-order valence-electron chi connectivity index (χ4n) is 1.71. The highest BCUT2D eigenvalue weighted by molar-refractivity contribution is 5.99. The average molecular weight is 246 g/mol. The van der Waals surface area contributed by atoms with E-state index in [9.17, 15) is 4.79 Å². The van der Waals surface area contributed by atoms with E-state index in [1.807, 2.05) is 19.1 Å². The van der Waals surface area contributed by atoms with Gasteiger partial charge in [-0.2, -0.15) is 0 Å². The molecule has 0 fully saturated rings. The van der Waals surface area contributed by atoms with Gasteiger partial charge in [-0.25, -0.2) is 0 Å². The first-order valence-electron chi connectivity index (χ1n) is 6.65. The van der Waals surface area contributed by atoms with Gasteiger partial charge in [-0.15, -0.1) is 0 Å². The van der Waals surface area contributed by atoms with Gasteiger partial charge in [0.05, 0.1) is 0 Å². The Bertz CT molecular complexity index is 395. The van der Waals surface area contributed by atoms with Crippen molar-refractivity contribution in [3.8, 4) is 0 Å². The minimum Gasteiger partial charge on any atom is -0.352 e. The van der Waals surface area contributed by atoms with Gasteiger partial charge in [0, 0.05) is 17.8 Å². The molecule has 0 bridgehead atoms. The number of rotatable bonds is 7. The van der Waals surface area contributed by atoms with Crippen molar-refractivity contribution in [2.45, 2.75) is 39.5 Å². The fourth-order valence-corrected chi connectivity index (χ4v) is 1.71. The Kier molecular flexibility index (Phi) is 6.12. The highest BCUT2D eigenvalue weighted by Crippen LogP contribution is 2.07. The van der Waals surface area contributed by atoms with E-state index < -0.39 is 0 Å². The molecule has 3 heteroatoms. The maximum atomic E-state index is 11.8. The van der Waals surface area contributed by atoms with E-state index in [1.54, 1.807) is 12.1 Å². The highest BCUT2D eigenvalue weighted by Gasteiger charge is 2.05. The van der Waals surface area contributed by atoms with Crippen molar-refractivity contribution in [1.29, 1.82) is 5.41 Å². The van der Waals surface area contributed by atoms with Gasteiger partial charge >= 0.3 is 0 Å². The van der Waals surface area contributed by atoms with Crippen LogP contribution in [0.1, 0.15) is 55.5 Å². The second-order valence-electron chi connectivity index (χ2n) is 4.37. The smallest absolute Gasteiger partial charge is 0.251 e. The molecule has 1 aromatic rings. The topological polar surface area (TPSA) is 53.0 Å². The van der Waals surface area contributed by atoms with E-state index in [-0.39, 0.29) is 5.91 Å². The maximum Gasteiger partial charge on any atom is 0.251 e. The molecule has 3 nitrogen and oxygen atoms in total. The predicted octanol–water partition coefficient (Wildman–Crippen LogP) is 3.38. The minimum atomic E-state index is -0.0271. The third-order valence-electron chi connectivity index (χ3n) is 2.91. The first-order valence-corrected chi connectivity index (χ1v) is 6.65. The summed E-state index contributed by atoms with van der Waals surface area (Å²) in [5.41, 5.74) is 2.16. The van der Waals surface area contributed by atoms with Crippen LogP contribution >= 0.6 is 0 Å². The second-order valence-corrected chi connectivity index (χ2v) is 4.37. The Morgan fingerprint density at radius 1 is 1.11 bits per heavy atom. The van der Waals surface area contributed by atoms with Crippen molar-refractivity contribution in [2.75, 3.05) is 6.54 Å². The molecule has 0 aromatic heterocycles. The summed E-state index contributed by atoms with van der Waals surface area (Å²) in [6.07, 6.45) is 4.04. The highest BCUT2D eigenvalue weighted by atomic mass is 16.1. The number of carbonyl (C=O) groups excluding carboxylic acids is 1. The first-order chi connectivity index (χ1) is 8.69. The summed E-state index contributed by atoms with van der Waals surface area (Å²) in [5, 5.41) is 10.6. The lowest BCUT2D eigenvalue weighted by Crippen LogP contribution is -2.24. The molecule has 0 unspecified atom stereocenters. The molecule has 18 heavy (non-hydrogen) atoms. The number of amides is 1. The molecule has 0 radical (unpaired) electrons. The van der Waals surface area contributed by atoms with E-state index in [0.29, 0.717) is 17.7 Å². The molecule has 0 saturated heterocycles. The number of hydrogen-bond donors (Lipinski definition) is 2. The summed E-state index contributed by atoms with van der Waals surface area (Å²) in [4.78, 5) is 11.8. The van der Waals surface area contributed by atoms with Crippen LogP contribution in [-0.2, 0) is 0 Å². The molecule has 1 aromatic carbocycles. The van der Waals surface area contributed by atoms with Crippen molar-refractivity contribution in [3.05, 3.63) is 35.4 Å². The number of unbranched alkanes of at least 4 members (excludes halogenated alkanes) is 2. The Morgan fingerprint density at radius 2 is 1.72 bits per heavy atom. The van der Waals surface area contributed by atoms with Crippen molar-refractivity contribution in [2.24, 2.45) is 0 Å². The number of hydrogen-bond acceptors (Lipinski definition) is 2. The molecule has 1 rings (SSSR count). The Hall–Kier alpha value is -1.64. The summed E-state index contributed by atoms with van der Waals surface area (Å²) in [6, 6.07) is 7.25. The summed E-state index contributed by atoms with van der Waals surface area (Å²) < 4.78 is 0. The molecule has 2 N–H and O–H groups in total. The van der Waals surface area contributed by atoms with Gasteiger partial charge in [-0.1, -0.05) is 38.8 Å². The van der Waals surface area contributed by atoms with E-state index in [4.69, 9.17) is 5.41 Å². The number of carbonyl (C=O) groups is 1. The predicted molar refractivity (Wildman–Crippen MR) is 75.4 cm³/mol. The summed E-state index contributed by atoms with van der Waals surface area (Å²) in [5.74, 6) is -0.0271. The third-order valence-corrected chi connectivity index (χ3v) is 2.91. The van der Waals surface area contributed by atoms with E-state index >= 15 is 0 Å². The largest absolute Gasteiger partial charge is 0.352 e. The van der Waals surface area contributed by atoms with Crippen LogP contribution in [0, 0.1) is 5.41 Å². The summed E-state index contributed by atoms with van der Waals surface area (Å²) >= 11 is 0. The normalized spacial score (nSPS) is 10.1. The monoisotopic (exact) mass is 246 g/mol. The van der Waals surface area contributed by atoms with Gasteiger partial charge in [0.2, 0.25) is 0 Å². The standard InChI is InChI=1S/C15H22N2O/c1-3-5-6-11-17-15(18)13-9-7-12(8-10-13)14(16)4-2/h7-10,16H,3-6,11H2,1-2H3,(H,17,18). The van der Waals surface area contributed by atoms with Crippen molar-refractivity contribution >= 4 is 11.6 Å². The molecule has 0 aliphatic heterocycles. The molecule has 0 atom stereocenters. The molecule has 0 spiro atoms. The lowest BCUT2D eigenvalue weighted by Gasteiger charge is -2.06. The maximum absolute atomic E-state index is 11.8. The summed E-state index contributed by atoms with van der Waals surface area (Å²) in [7, 11) is 0. The Morgan fingerprint density at radius 3 is 2.28 bits per heavy atom.